The number of carboxylic acid groups (broad SMARTS) is 1. The molecule has 0 radical (unpaired) electrons. The molecule has 3 rings (SSSR count). The molecule has 1 unspecified atom stereocenters. The van der Waals surface area contributed by atoms with Crippen molar-refractivity contribution in [2.24, 2.45) is 5.92 Å². The van der Waals surface area contributed by atoms with Gasteiger partial charge in [0, 0.05) is 12.1 Å². The summed E-state index contributed by atoms with van der Waals surface area (Å²) in [5.74, 6) is -0.566. The van der Waals surface area contributed by atoms with Crippen molar-refractivity contribution in [2.45, 2.75) is 31.7 Å². The fourth-order valence-electron chi connectivity index (χ4n) is 3.49. The van der Waals surface area contributed by atoms with Crippen LogP contribution in [0.15, 0.2) is 24.3 Å². The van der Waals surface area contributed by atoms with Gasteiger partial charge in [0.05, 0.1) is 5.75 Å². The number of hydrogen-bond donors (Lipinski definition) is 1. The number of benzene rings is 1. The predicted octanol–water partition coefficient (Wildman–Crippen LogP) is 2.03. The van der Waals surface area contributed by atoms with E-state index in [1.807, 2.05) is 0 Å². The van der Waals surface area contributed by atoms with E-state index in [1.54, 1.807) is 24.3 Å². The molecule has 7 heteroatoms. The standard InChI is InChI=1S/C16H21NO5S/c18-16(19)15-13-7-3-4-8-14(13)22-10-9-17(15)23(20,21)11-12-5-1-2-6-12/h3-4,7-8,12,15H,1-2,5-6,9-11H2,(H,18,19). The van der Waals surface area contributed by atoms with Crippen molar-refractivity contribution in [3.63, 3.8) is 0 Å². The van der Waals surface area contributed by atoms with Gasteiger partial charge in [0.2, 0.25) is 10.0 Å². The van der Waals surface area contributed by atoms with Crippen molar-refractivity contribution >= 4 is 16.0 Å². The maximum Gasteiger partial charge on any atom is 0.326 e. The van der Waals surface area contributed by atoms with Gasteiger partial charge in [0.1, 0.15) is 12.4 Å². The number of ether oxygens (including phenoxy) is 1. The van der Waals surface area contributed by atoms with Crippen LogP contribution in [0, 0.1) is 5.92 Å². The second-order valence-electron chi connectivity index (χ2n) is 6.17. The third kappa shape index (κ3) is 3.35. The number of aliphatic carboxylic acids is 1. The molecule has 1 atom stereocenters. The molecule has 0 aromatic heterocycles. The van der Waals surface area contributed by atoms with Gasteiger partial charge < -0.3 is 9.84 Å². The molecule has 0 saturated heterocycles. The van der Waals surface area contributed by atoms with Crippen LogP contribution in [0.2, 0.25) is 0 Å². The highest BCUT2D eigenvalue weighted by Crippen LogP contribution is 2.35. The fraction of sp³-hybridized carbons (Fsp3) is 0.562. The highest BCUT2D eigenvalue weighted by molar-refractivity contribution is 7.89. The van der Waals surface area contributed by atoms with E-state index in [2.05, 4.69) is 0 Å². The number of fused-ring (bicyclic) bond motifs is 1. The lowest BCUT2D eigenvalue weighted by Crippen LogP contribution is -2.42. The number of rotatable bonds is 4. The summed E-state index contributed by atoms with van der Waals surface area (Å²) in [6.07, 6.45) is 3.90. The van der Waals surface area contributed by atoms with Crippen LogP contribution in [0.5, 0.6) is 5.75 Å². The lowest BCUT2D eigenvalue weighted by atomic mass is 10.1. The summed E-state index contributed by atoms with van der Waals surface area (Å²) < 4.78 is 32.3. The quantitative estimate of drug-likeness (QED) is 0.907. The Morgan fingerprint density at radius 2 is 1.96 bits per heavy atom. The molecule has 1 heterocycles. The average Bonchev–Trinajstić information content (AvgIpc) is 2.90. The number of para-hydroxylation sites is 1. The molecular formula is C16H21NO5S. The summed E-state index contributed by atoms with van der Waals surface area (Å²) in [5, 5.41) is 9.64. The second-order valence-corrected chi connectivity index (χ2v) is 8.13. The van der Waals surface area contributed by atoms with E-state index < -0.39 is 22.0 Å². The Morgan fingerprint density at radius 1 is 1.26 bits per heavy atom. The monoisotopic (exact) mass is 339 g/mol. The van der Waals surface area contributed by atoms with Crippen LogP contribution >= 0.6 is 0 Å². The first-order valence-electron chi connectivity index (χ1n) is 7.93. The number of carbonyl (C=O) groups is 1. The smallest absolute Gasteiger partial charge is 0.326 e. The summed E-state index contributed by atoms with van der Waals surface area (Å²) in [7, 11) is -3.65. The molecule has 126 valence electrons. The summed E-state index contributed by atoms with van der Waals surface area (Å²) in [6.45, 7) is 0.214. The van der Waals surface area contributed by atoms with E-state index in [-0.39, 0.29) is 24.8 Å². The van der Waals surface area contributed by atoms with E-state index in [9.17, 15) is 18.3 Å². The van der Waals surface area contributed by atoms with Crippen LogP contribution in [0.1, 0.15) is 37.3 Å². The lowest BCUT2D eigenvalue weighted by molar-refractivity contribution is -0.141. The first-order chi connectivity index (χ1) is 11.0. The Labute approximate surface area is 136 Å². The second kappa shape index (κ2) is 6.49. The Morgan fingerprint density at radius 3 is 2.65 bits per heavy atom. The van der Waals surface area contributed by atoms with E-state index in [1.165, 1.54) is 0 Å². The molecule has 0 bridgehead atoms. The molecule has 6 nitrogen and oxygen atoms in total. The number of sulfonamides is 1. The molecule has 1 fully saturated rings. The Balaban J connectivity index is 1.94. The maximum absolute atomic E-state index is 12.8. The van der Waals surface area contributed by atoms with E-state index in [4.69, 9.17) is 4.74 Å². The molecule has 0 spiro atoms. The molecular weight excluding hydrogens is 318 g/mol. The first-order valence-corrected chi connectivity index (χ1v) is 9.54. The Kier molecular flexibility index (Phi) is 4.59. The lowest BCUT2D eigenvalue weighted by Gasteiger charge is -2.27. The normalized spacial score (nSPS) is 23.0. The number of nitrogens with zero attached hydrogens (tertiary/aromatic N) is 1. The van der Waals surface area contributed by atoms with Crippen molar-refractivity contribution < 1.29 is 23.1 Å². The van der Waals surface area contributed by atoms with Crippen LogP contribution in [0.25, 0.3) is 0 Å². The number of hydrogen-bond acceptors (Lipinski definition) is 4. The topological polar surface area (TPSA) is 83.9 Å². The average molecular weight is 339 g/mol. The van der Waals surface area contributed by atoms with Gasteiger partial charge in [0.15, 0.2) is 6.04 Å². The molecule has 1 aromatic carbocycles. The molecule has 0 amide bonds. The summed E-state index contributed by atoms with van der Waals surface area (Å²) >= 11 is 0. The minimum Gasteiger partial charge on any atom is -0.492 e. The van der Waals surface area contributed by atoms with Crippen LogP contribution < -0.4 is 4.74 Å². The first kappa shape index (κ1) is 16.3. The molecule has 1 aliphatic heterocycles. The third-order valence-corrected chi connectivity index (χ3v) is 6.58. The maximum atomic E-state index is 12.8. The minimum absolute atomic E-state index is 0.0267. The third-order valence-electron chi connectivity index (χ3n) is 4.58. The van der Waals surface area contributed by atoms with Crippen LogP contribution in [-0.2, 0) is 14.8 Å². The predicted molar refractivity (Wildman–Crippen MR) is 84.8 cm³/mol. The molecule has 23 heavy (non-hydrogen) atoms. The SMILES string of the molecule is O=C(O)C1c2ccccc2OCCN1S(=O)(=O)CC1CCCC1. The zero-order valence-corrected chi connectivity index (χ0v) is 13.7. The van der Waals surface area contributed by atoms with Gasteiger partial charge in [-0.3, -0.25) is 4.79 Å². The minimum atomic E-state index is -3.65. The highest BCUT2D eigenvalue weighted by Gasteiger charge is 2.40. The van der Waals surface area contributed by atoms with Gasteiger partial charge in [-0.1, -0.05) is 31.0 Å². The largest absolute Gasteiger partial charge is 0.492 e. The number of carboxylic acids is 1. The summed E-state index contributed by atoms with van der Waals surface area (Å²) in [4.78, 5) is 11.8. The van der Waals surface area contributed by atoms with Gasteiger partial charge >= 0.3 is 5.97 Å². The van der Waals surface area contributed by atoms with Crippen LogP contribution in [0.3, 0.4) is 0 Å². The van der Waals surface area contributed by atoms with Gasteiger partial charge in [-0.05, 0) is 24.8 Å². The Hall–Kier alpha value is -1.60. The van der Waals surface area contributed by atoms with Gasteiger partial charge in [-0.2, -0.15) is 4.31 Å². The van der Waals surface area contributed by atoms with E-state index >= 15 is 0 Å². The molecule has 1 aromatic rings. The summed E-state index contributed by atoms with van der Waals surface area (Å²) in [5.41, 5.74) is 0.396. The van der Waals surface area contributed by atoms with Crippen molar-refractivity contribution in [1.82, 2.24) is 4.31 Å². The molecule has 1 aliphatic carbocycles. The molecule has 1 N–H and O–H groups in total. The van der Waals surface area contributed by atoms with Crippen LogP contribution in [0.4, 0.5) is 0 Å². The van der Waals surface area contributed by atoms with E-state index in [0.717, 1.165) is 30.0 Å². The highest BCUT2D eigenvalue weighted by atomic mass is 32.2. The van der Waals surface area contributed by atoms with Crippen molar-refractivity contribution in [2.75, 3.05) is 18.9 Å². The molecule has 1 saturated carbocycles. The van der Waals surface area contributed by atoms with Gasteiger partial charge in [0.25, 0.3) is 0 Å². The molecule has 2 aliphatic rings. The fourth-order valence-corrected chi connectivity index (χ4v) is 5.49. The van der Waals surface area contributed by atoms with Gasteiger partial charge in [-0.25, -0.2) is 8.42 Å². The van der Waals surface area contributed by atoms with Gasteiger partial charge in [-0.15, -0.1) is 0 Å². The Bertz CT molecular complexity index is 681. The van der Waals surface area contributed by atoms with Crippen molar-refractivity contribution in [1.29, 1.82) is 0 Å². The van der Waals surface area contributed by atoms with E-state index in [0.29, 0.717) is 11.3 Å². The summed E-state index contributed by atoms with van der Waals surface area (Å²) in [6, 6.07) is 5.53. The zero-order valence-electron chi connectivity index (χ0n) is 12.8. The zero-order chi connectivity index (χ0) is 16.4. The van der Waals surface area contributed by atoms with Crippen LogP contribution in [-0.4, -0.2) is 42.7 Å². The van der Waals surface area contributed by atoms with Crippen molar-refractivity contribution in [3.05, 3.63) is 29.8 Å². The van der Waals surface area contributed by atoms with Crippen molar-refractivity contribution in [3.8, 4) is 5.75 Å².